The van der Waals surface area contributed by atoms with Crippen molar-refractivity contribution in [1.29, 1.82) is 0 Å². The first kappa shape index (κ1) is 35.6. The van der Waals surface area contributed by atoms with Crippen LogP contribution in [0.25, 0.3) is 11.4 Å². The minimum Gasteiger partial charge on any atom is -0.310 e. The van der Waals surface area contributed by atoms with Gasteiger partial charge in [0.05, 0.1) is 11.4 Å². The molecule has 0 amide bonds. The number of aromatic nitrogens is 4. The zero-order chi connectivity index (χ0) is 39.1. The molecule has 0 spiro atoms. The highest BCUT2D eigenvalue weighted by Gasteiger charge is 2.39. The van der Waals surface area contributed by atoms with E-state index >= 15 is 0 Å². The summed E-state index contributed by atoms with van der Waals surface area (Å²) in [5.41, 5.74) is 13.5. The van der Waals surface area contributed by atoms with Gasteiger partial charge in [-0.25, -0.2) is 19.9 Å². The van der Waals surface area contributed by atoms with Gasteiger partial charge in [0.2, 0.25) is 0 Å². The predicted molar refractivity (Wildman–Crippen MR) is 233 cm³/mol. The third kappa shape index (κ3) is 6.57. The normalized spacial score (nSPS) is 12.8. The molecule has 1 aliphatic heterocycles. The van der Waals surface area contributed by atoms with Crippen LogP contribution in [0.1, 0.15) is 41.9 Å². The molecule has 0 bridgehead atoms. The van der Waals surface area contributed by atoms with Gasteiger partial charge in [0.1, 0.15) is 11.6 Å². The van der Waals surface area contributed by atoms with Crippen molar-refractivity contribution in [3.8, 4) is 11.4 Å². The second kappa shape index (κ2) is 14.5. The number of pyridine rings is 2. The lowest BCUT2D eigenvalue weighted by molar-refractivity contribution is 0.632. The number of aryl methyl sites for hydroxylation is 3. The Hall–Kier alpha value is -7.12. The molecule has 8 aromatic rings. The van der Waals surface area contributed by atoms with Crippen molar-refractivity contribution in [2.45, 2.75) is 40.0 Å². The zero-order valence-corrected chi connectivity index (χ0v) is 32.8. The summed E-state index contributed by atoms with van der Waals surface area (Å²) in [7, 11) is 0. The molecule has 0 atom stereocenters. The van der Waals surface area contributed by atoms with Gasteiger partial charge in [-0.3, -0.25) is 9.80 Å². The maximum absolute atomic E-state index is 4.82. The van der Waals surface area contributed by atoms with Gasteiger partial charge in [-0.1, -0.05) is 62.4 Å². The molecule has 0 saturated carbocycles. The molecule has 0 aliphatic carbocycles. The molecule has 57 heavy (non-hydrogen) atoms. The third-order valence-electron chi connectivity index (χ3n) is 10.8. The van der Waals surface area contributed by atoms with Crippen molar-refractivity contribution < 1.29 is 0 Å². The third-order valence-corrected chi connectivity index (χ3v) is 10.8. The van der Waals surface area contributed by atoms with Crippen molar-refractivity contribution in [3.63, 3.8) is 0 Å². The highest BCUT2D eigenvalue weighted by atomic mass is 15.2. The van der Waals surface area contributed by atoms with Gasteiger partial charge in [-0.15, -0.1) is 0 Å². The molecule has 0 unspecified atom stereocenters. The fraction of sp³-hybridized carbons (Fsp3) is 0.120. The van der Waals surface area contributed by atoms with Crippen LogP contribution >= 0.6 is 0 Å². The summed E-state index contributed by atoms with van der Waals surface area (Å²) in [5, 5.41) is 0. The van der Waals surface area contributed by atoms with Gasteiger partial charge < -0.3 is 4.90 Å². The lowest BCUT2D eigenvalue weighted by Gasteiger charge is -2.43. The van der Waals surface area contributed by atoms with Crippen LogP contribution in [0, 0.1) is 20.8 Å². The second-order valence-corrected chi connectivity index (χ2v) is 15.1. The Morgan fingerprint density at radius 1 is 0.456 bits per heavy atom. The molecule has 7 nitrogen and oxygen atoms in total. The Balaban J connectivity index is 1.26. The number of para-hydroxylation sites is 2. The number of rotatable bonds is 8. The summed E-state index contributed by atoms with van der Waals surface area (Å²) in [5.74, 6) is 2.44. The molecule has 4 heterocycles. The summed E-state index contributed by atoms with van der Waals surface area (Å²) >= 11 is 0. The first-order chi connectivity index (χ1) is 27.8. The van der Waals surface area contributed by atoms with Gasteiger partial charge in [-0.05, 0) is 147 Å². The maximum atomic E-state index is 4.82. The monoisotopic (exact) mass is 741 g/mol. The highest BCUT2D eigenvalue weighted by molar-refractivity contribution is 5.91. The second-order valence-electron chi connectivity index (χ2n) is 15.1. The number of fused-ring (bicyclic) bond motifs is 2. The smallest absolute Gasteiger partial charge is 0.159 e. The van der Waals surface area contributed by atoms with Crippen LogP contribution < -0.4 is 14.7 Å². The van der Waals surface area contributed by atoms with Gasteiger partial charge in [0, 0.05) is 63.2 Å². The van der Waals surface area contributed by atoms with Gasteiger partial charge in [0.15, 0.2) is 5.82 Å². The molecule has 0 N–H and O–H groups in total. The number of benzene rings is 5. The number of nitrogens with zero attached hydrogens (tertiary/aromatic N) is 7. The summed E-state index contributed by atoms with van der Waals surface area (Å²) in [6, 6.07) is 55.3. The topological polar surface area (TPSA) is 61.3 Å². The lowest BCUT2D eigenvalue weighted by atomic mass is 9.73. The van der Waals surface area contributed by atoms with Crippen LogP contribution in [-0.2, 0) is 5.41 Å². The Morgan fingerprint density at radius 3 is 1.39 bits per heavy atom. The lowest BCUT2D eigenvalue weighted by Crippen LogP contribution is -2.31. The minimum atomic E-state index is -0.410. The van der Waals surface area contributed by atoms with Crippen molar-refractivity contribution >= 4 is 51.4 Å². The Bertz CT molecular complexity index is 2460. The standard InChI is InChI=1S/C50H43N7/c1-34-30-37(49-53-35(2)31-36(3)54-49)22-25-44(34)57-45-26-23-40(55(38-16-8-6-9-17-38)47-20-12-14-28-51-47)32-42(45)50(4,5)43-33-41(24-27-46(43)57)56(39-18-10-7-11-19-39)48-21-13-15-29-52-48/h6-33H,1-5H3. The highest BCUT2D eigenvalue weighted by Crippen LogP contribution is 2.55. The first-order valence-corrected chi connectivity index (χ1v) is 19.3. The molecule has 3 aromatic heterocycles. The minimum absolute atomic E-state index is 0.410. The number of hydrogen-bond donors (Lipinski definition) is 0. The fourth-order valence-electron chi connectivity index (χ4n) is 8.11. The molecular formula is C50H43N7. The summed E-state index contributed by atoms with van der Waals surface area (Å²) in [6.45, 7) is 10.9. The molecule has 0 fully saturated rings. The van der Waals surface area contributed by atoms with E-state index in [2.05, 4.69) is 151 Å². The molecule has 5 aromatic carbocycles. The Labute approximate surface area is 334 Å². The van der Waals surface area contributed by atoms with Crippen LogP contribution in [0.5, 0.6) is 0 Å². The van der Waals surface area contributed by atoms with Gasteiger partial charge >= 0.3 is 0 Å². The van der Waals surface area contributed by atoms with E-state index in [1.807, 2.05) is 68.7 Å². The first-order valence-electron chi connectivity index (χ1n) is 19.3. The van der Waals surface area contributed by atoms with E-state index in [9.17, 15) is 0 Å². The molecule has 1 aliphatic rings. The van der Waals surface area contributed by atoms with Crippen LogP contribution in [0.2, 0.25) is 0 Å². The average molecular weight is 742 g/mol. The van der Waals surface area contributed by atoms with E-state index in [0.717, 1.165) is 79.8 Å². The van der Waals surface area contributed by atoms with Gasteiger partial charge in [0.25, 0.3) is 0 Å². The quantitative estimate of drug-likeness (QED) is 0.154. The van der Waals surface area contributed by atoms with E-state index in [1.165, 1.54) is 11.1 Å². The van der Waals surface area contributed by atoms with Crippen molar-refractivity contribution in [2.24, 2.45) is 0 Å². The molecule has 0 radical (unpaired) electrons. The largest absolute Gasteiger partial charge is 0.310 e. The van der Waals surface area contributed by atoms with Crippen LogP contribution in [-0.4, -0.2) is 19.9 Å². The van der Waals surface area contributed by atoms with Crippen molar-refractivity contribution in [2.75, 3.05) is 14.7 Å². The van der Waals surface area contributed by atoms with Crippen LogP contribution in [0.15, 0.2) is 170 Å². The molecular weight excluding hydrogens is 699 g/mol. The molecule has 0 saturated heterocycles. The summed E-state index contributed by atoms with van der Waals surface area (Å²) in [6.07, 6.45) is 3.70. The van der Waals surface area contributed by atoms with E-state index < -0.39 is 5.41 Å². The van der Waals surface area contributed by atoms with E-state index in [1.54, 1.807) is 0 Å². The van der Waals surface area contributed by atoms with Crippen LogP contribution in [0.3, 0.4) is 0 Å². The SMILES string of the molecule is Cc1cc(C)nc(-c2ccc(N3c4ccc(N(c5ccccc5)c5ccccn5)cc4C(C)(C)c4cc(N(c5ccccc5)c5ccccn5)ccc43)c(C)c2)n1. The van der Waals surface area contributed by atoms with E-state index in [4.69, 9.17) is 19.9 Å². The van der Waals surface area contributed by atoms with Gasteiger partial charge in [-0.2, -0.15) is 0 Å². The molecule has 7 heteroatoms. The van der Waals surface area contributed by atoms with E-state index in [0.29, 0.717) is 0 Å². The Kier molecular flexibility index (Phi) is 9.06. The zero-order valence-electron chi connectivity index (χ0n) is 32.8. The maximum Gasteiger partial charge on any atom is 0.159 e. The Morgan fingerprint density at radius 2 is 0.930 bits per heavy atom. The summed E-state index contributed by atoms with van der Waals surface area (Å²) < 4.78 is 0. The predicted octanol–water partition coefficient (Wildman–Crippen LogP) is 12.9. The molecule has 278 valence electrons. The van der Waals surface area contributed by atoms with Crippen LogP contribution in [0.4, 0.5) is 51.4 Å². The number of anilines is 9. The molecule has 9 rings (SSSR count). The summed E-state index contributed by atoms with van der Waals surface area (Å²) in [4.78, 5) is 26.1. The average Bonchev–Trinajstić information content (AvgIpc) is 3.23. The fourth-order valence-corrected chi connectivity index (χ4v) is 8.11. The number of hydrogen-bond acceptors (Lipinski definition) is 7. The van der Waals surface area contributed by atoms with Crippen molar-refractivity contribution in [3.05, 3.63) is 198 Å². The van der Waals surface area contributed by atoms with Crippen molar-refractivity contribution in [1.82, 2.24) is 19.9 Å². The van der Waals surface area contributed by atoms with E-state index in [-0.39, 0.29) is 0 Å².